The molecule has 1 aliphatic rings. The number of hydrogen-bond donors (Lipinski definition) is 1. The molecule has 1 rings (SSSR count). The molecule has 3 heteroatoms. The molecule has 2 atom stereocenters. The molecule has 2 unspecified atom stereocenters. The Balaban J connectivity index is 2.41. The molecule has 1 saturated heterocycles. The summed E-state index contributed by atoms with van der Waals surface area (Å²) in [5.41, 5.74) is 0. The zero-order chi connectivity index (χ0) is 5.98. The monoisotopic (exact) mass is 116 g/mol. The molecular formula is C5H8O3. The van der Waals surface area contributed by atoms with Crippen LogP contribution in [0.3, 0.4) is 0 Å². The van der Waals surface area contributed by atoms with Crippen LogP contribution >= 0.6 is 0 Å². The van der Waals surface area contributed by atoms with Crippen molar-refractivity contribution in [1.29, 1.82) is 0 Å². The fraction of sp³-hybridized carbons (Fsp3) is 0.800. The molecule has 0 bridgehead atoms. The van der Waals surface area contributed by atoms with E-state index in [-0.39, 0.29) is 0 Å². The largest absolute Gasteiger partial charge is 0.390 e. The molecule has 1 fully saturated rings. The van der Waals surface area contributed by atoms with Gasteiger partial charge in [0.2, 0.25) is 0 Å². The number of ether oxygens (including phenoxy) is 1. The van der Waals surface area contributed by atoms with E-state index in [1.165, 1.54) is 0 Å². The number of aldehydes is 1. The van der Waals surface area contributed by atoms with Gasteiger partial charge in [0.1, 0.15) is 6.10 Å². The van der Waals surface area contributed by atoms with Gasteiger partial charge in [0, 0.05) is 0 Å². The number of aliphatic hydroxyl groups is 1. The summed E-state index contributed by atoms with van der Waals surface area (Å²) in [7, 11) is 0. The predicted octanol–water partition coefficient (Wildman–Crippen LogP) is -0.665. The van der Waals surface area contributed by atoms with Crippen molar-refractivity contribution in [1.82, 2.24) is 0 Å². The fourth-order valence-corrected chi connectivity index (χ4v) is 0.730. The molecule has 0 aromatic heterocycles. The van der Waals surface area contributed by atoms with Crippen molar-refractivity contribution in [2.75, 3.05) is 6.61 Å². The van der Waals surface area contributed by atoms with Crippen LogP contribution in [0.2, 0.25) is 0 Å². The Kier molecular flexibility index (Phi) is 1.60. The molecule has 8 heavy (non-hydrogen) atoms. The number of carbonyl (C=O) groups excluding carboxylic acids is 1. The van der Waals surface area contributed by atoms with E-state index in [0.717, 1.165) is 0 Å². The standard InChI is InChI=1S/C5H8O3/c6-3-5-4(7)1-2-8-5/h3-5,7H,1-2H2. The lowest BCUT2D eigenvalue weighted by Gasteiger charge is -2.02. The zero-order valence-corrected chi connectivity index (χ0v) is 4.41. The highest BCUT2D eigenvalue weighted by atomic mass is 16.5. The summed E-state index contributed by atoms with van der Waals surface area (Å²) in [6.07, 6.45) is 0.101. The summed E-state index contributed by atoms with van der Waals surface area (Å²) < 4.78 is 4.80. The maximum Gasteiger partial charge on any atom is 0.151 e. The van der Waals surface area contributed by atoms with E-state index in [0.29, 0.717) is 19.3 Å². The predicted molar refractivity (Wildman–Crippen MR) is 26.4 cm³/mol. The van der Waals surface area contributed by atoms with Gasteiger partial charge >= 0.3 is 0 Å². The number of rotatable bonds is 1. The normalized spacial score (nSPS) is 37.6. The molecule has 3 nitrogen and oxygen atoms in total. The first-order chi connectivity index (χ1) is 3.84. The van der Waals surface area contributed by atoms with Gasteiger partial charge in [-0.3, -0.25) is 0 Å². The molecule has 0 saturated carbocycles. The average molecular weight is 116 g/mol. The van der Waals surface area contributed by atoms with Crippen LogP contribution in [-0.2, 0) is 9.53 Å². The van der Waals surface area contributed by atoms with E-state index in [9.17, 15) is 4.79 Å². The molecule has 1 heterocycles. The molecule has 1 N–H and O–H groups in total. The van der Waals surface area contributed by atoms with Gasteiger partial charge in [-0.15, -0.1) is 0 Å². The lowest BCUT2D eigenvalue weighted by Crippen LogP contribution is -2.21. The minimum absolute atomic E-state index is 0.505. The zero-order valence-electron chi connectivity index (χ0n) is 4.41. The molecule has 0 amide bonds. The van der Waals surface area contributed by atoms with Gasteiger partial charge in [-0.1, -0.05) is 0 Å². The summed E-state index contributed by atoms with van der Waals surface area (Å²) in [6.45, 7) is 0.505. The minimum Gasteiger partial charge on any atom is -0.390 e. The highest BCUT2D eigenvalue weighted by Crippen LogP contribution is 2.09. The minimum atomic E-state index is -0.563. The first-order valence-electron chi connectivity index (χ1n) is 2.59. The van der Waals surface area contributed by atoms with Crippen LogP contribution in [0.4, 0.5) is 0 Å². The third kappa shape index (κ3) is 0.877. The van der Waals surface area contributed by atoms with E-state index < -0.39 is 12.2 Å². The van der Waals surface area contributed by atoms with Gasteiger partial charge < -0.3 is 14.6 Å². The number of aliphatic hydroxyl groups excluding tert-OH is 1. The number of hydrogen-bond acceptors (Lipinski definition) is 3. The van der Waals surface area contributed by atoms with Crippen molar-refractivity contribution >= 4 is 6.29 Å². The van der Waals surface area contributed by atoms with Crippen LogP contribution in [0.15, 0.2) is 0 Å². The van der Waals surface area contributed by atoms with E-state index in [1.54, 1.807) is 0 Å². The van der Waals surface area contributed by atoms with Crippen LogP contribution in [0.1, 0.15) is 6.42 Å². The first-order valence-corrected chi connectivity index (χ1v) is 2.59. The highest BCUT2D eigenvalue weighted by Gasteiger charge is 2.24. The smallest absolute Gasteiger partial charge is 0.151 e. The van der Waals surface area contributed by atoms with Crippen molar-refractivity contribution in [3.8, 4) is 0 Å². The molecule has 46 valence electrons. The van der Waals surface area contributed by atoms with E-state index >= 15 is 0 Å². The Hall–Kier alpha value is -0.410. The topological polar surface area (TPSA) is 46.5 Å². The van der Waals surface area contributed by atoms with Crippen LogP contribution in [0, 0.1) is 0 Å². The average Bonchev–Trinajstić information content (AvgIpc) is 2.14. The van der Waals surface area contributed by atoms with Crippen molar-refractivity contribution in [2.45, 2.75) is 18.6 Å². The SMILES string of the molecule is O=CC1OCCC1O. The highest BCUT2D eigenvalue weighted by molar-refractivity contribution is 5.57. The van der Waals surface area contributed by atoms with Crippen molar-refractivity contribution in [2.24, 2.45) is 0 Å². The lowest BCUT2D eigenvalue weighted by atomic mass is 10.2. The fourth-order valence-electron chi connectivity index (χ4n) is 0.730. The quantitative estimate of drug-likeness (QED) is 0.462. The summed E-state index contributed by atoms with van der Waals surface area (Å²) in [5.74, 6) is 0. The van der Waals surface area contributed by atoms with Gasteiger partial charge in [-0.25, -0.2) is 0 Å². The molecule has 0 radical (unpaired) electrons. The van der Waals surface area contributed by atoms with Crippen molar-refractivity contribution in [3.05, 3.63) is 0 Å². The summed E-state index contributed by atoms with van der Waals surface area (Å²) in [4.78, 5) is 9.93. The maximum absolute atomic E-state index is 9.93. The lowest BCUT2D eigenvalue weighted by molar-refractivity contribution is -0.118. The molecule has 0 aliphatic carbocycles. The molecular weight excluding hydrogens is 108 g/mol. The van der Waals surface area contributed by atoms with Gasteiger partial charge in [-0.2, -0.15) is 0 Å². The van der Waals surface area contributed by atoms with Gasteiger partial charge in [0.15, 0.2) is 6.29 Å². The van der Waals surface area contributed by atoms with E-state index in [2.05, 4.69) is 0 Å². The first kappa shape index (κ1) is 5.72. The summed E-state index contributed by atoms with van der Waals surface area (Å²) in [5, 5.41) is 8.83. The third-order valence-electron chi connectivity index (χ3n) is 1.24. The Morgan fingerprint density at radius 1 is 1.75 bits per heavy atom. The second-order valence-corrected chi connectivity index (χ2v) is 1.83. The maximum atomic E-state index is 9.93. The Morgan fingerprint density at radius 2 is 2.50 bits per heavy atom. The van der Waals surface area contributed by atoms with E-state index in [4.69, 9.17) is 9.84 Å². The van der Waals surface area contributed by atoms with Crippen molar-refractivity contribution in [3.63, 3.8) is 0 Å². The van der Waals surface area contributed by atoms with Gasteiger partial charge in [0.05, 0.1) is 12.7 Å². The third-order valence-corrected chi connectivity index (χ3v) is 1.24. The van der Waals surface area contributed by atoms with Crippen LogP contribution < -0.4 is 0 Å². The van der Waals surface area contributed by atoms with Crippen LogP contribution in [0.25, 0.3) is 0 Å². The number of carbonyl (C=O) groups is 1. The van der Waals surface area contributed by atoms with Crippen molar-refractivity contribution < 1.29 is 14.6 Å². The van der Waals surface area contributed by atoms with Gasteiger partial charge in [0.25, 0.3) is 0 Å². The Morgan fingerprint density at radius 3 is 2.75 bits per heavy atom. The van der Waals surface area contributed by atoms with Crippen LogP contribution in [-0.4, -0.2) is 30.2 Å². The van der Waals surface area contributed by atoms with E-state index in [1.807, 2.05) is 0 Å². The molecule has 1 aliphatic heterocycles. The molecule has 0 spiro atoms. The second kappa shape index (κ2) is 2.24. The summed E-state index contributed by atoms with van der Waals surface area (Å²) >= 11 is 0. The molecule has 0 aromatic rings. The molecule has 0 aromatic carbocycles. The van der Waals surface area contributed by atoms with Crippen LogP contribution in [0.5, 0.6) is 0 Å². The second-order valence-electron chi connectivity index (χ2n) is 1.83. The Bertz CT molecular complexity index is 91.7. The summed E-state index contributed by atoms with van der Waals surface area (Å²) in [6, 6.07) is 0. The van der Waals surface area contributed by atoms with Gasteiger partial charge in [-0.05, 0) is 6.42 Å². The Labute approximate surface area is 47.3 Å².